The lowest BCUT2D eigenvalue weighted by atomic mass is 10.1. The predicted octanol–water partition coefficient (Wildman–Crippen LogP) is 1.50. The minimum Gasteiger partial charge on any atom is -0.377 e. The first kappa shape index (κ1) is 11.8. The van der Waals surface area contributed by atoms with Gasteiger partial charge in [0.1, 0.15) is 0 Å². The van der Waals surface area contributed by atoms with E-state index in [2.05, 4.69) is 0 Å². The van der Waals surface area contributed by atoms with Crippen LogP contribution >= 0.6 is 11.6 Å². The summed E-state index contributed by atoms with van der Waals surface area (Å²) in [5.74, 6) is 1.07. The molecular weight excluding hydrogens is 202 g/mol. The fraction of sp³-hybridized carbons (Fsp3) is 0.900. The standard InChI is InChI=1S/C10H18ClNO2/c1-8(2)5-10(13)12-3-4-14-7-9(12)6-11/h8-9H,3-7H2,1-2H3. The topological polar surface area (TPSA) is 29.5 Å². The molecule has 0 aromatic rings. The number of hydrogen-bond acceptors (Lipinski definition) is 2. The maximum absolute atomic E-state index is 11.8. The van der Waals surface area contributed by atoms with Gasteiger partial charge in [-0.1, -0.05) is 13.8 Å². The van der Waals surface area contributed by atoms with Crippen molar-refractivity contribution in [2.24, 2.45) is 5.92 Å². The van der Waals surface area contributed by atoms with Gasteiger partial charge in [0.05, 0.1) is 19.3 Å². The number of nitrogens with zero attached hydrogens (tertiary/aromatic N) is 1. The van der Waals surface area contributed by atoms with Gasteiger partial charge in [0.25, 0.3) is 0 Å². The summed E-state index contributed by atoms with van der Waals surface area (Å²) < 4.78 is 5.28. The van der Waals surface area contributed by atoms with Crippen molar-refractivity contribution in [3.8, 4) is 0 Å². The molecule has 0 saturated carbocycles. The van der Waals surface area contributed by atoms with Crippen LogP contribution in [0.1, 0.15) is 20.3 Å². The lowest BCUT2D eigenvalue weighted by Gasteiger charge is -2.34. The fourth-order valence-corrected chi connectivity index (χ4v) is 1.83. The molecule has 1 heterocycles. The molecule has 1 rings (SSSR count). The second kappa shape index (κ2) is 5.56. The Morgan fingerprint density at radius 2 is 2.36 bits per heavy atom. The monoisotopic (exact) mass is 219 g/mol. The minimum absolute atomic E-state index is 0.0664. The molecule has 1 unspecified atom stereocenters. The fourth-order valence-electron chi connectivity index (χ4n) is 1.58. The third-order valence-corrected chi connectivity index (χ3v) is 2.67. The Morgan fingerprint density at radius 1 is 1.64 bits per heavy atom. The van der Waals surface area contributed by atoms with Gasteiger partial charge < -0.3 is 9.64 Å². The van der Waals surface area contributed by atoms with Gasteiger partial charge >= 0.3 is 0 Å². The average molecular weight is 220 g/mol. The van der Waals surface area contributed by atoms with Gasteiger partial charge in [0.2, 0.25) is 5.91 Å². The molecule has 0 spiro atoms. The quantitative estimate of drug-likeness (QED) is 0.674. The lowest BCUT2D eigenvalue weighted by Crippen LogP contribution is -2.49. The van der Waals surface area contributed by atoms with E-state index in [1.54, 1.807) is 0 Å². The second-order valence-electron chi connectivity index (χ2n) is 4.07. The van der Waals surface area contributed by atoms with Crippen LogP contribution in [0.5, 0.6) is 0 Å². The van der Waals surface area contributed by atoms with E-state index in [0.717, 1.165) is 0 Å². The molecule has 3 nitrogen and oxygen atoms in total. The molecule has 14 heavy (non-hydrogen) atoms. The summed E-state index contributed by atoms with van der Waals surface area (Å²) in [5.41, 5.74) is 0. The average Bonchev–Trinajstić information content (AvgIpc) is 2.16. The van der Waals surface area contributed by atoms with E-state index in [1.807, 2.05) is 18.7 Å². The Balaban J connectivity index is 2.50. The van der Waals surface area contributed by atoms with Crippen LogP contribution in [0.25, 0.3) is 0 Å². The van der Waals surface area contributed by atoms with Crippen molar-refractivity contribution in [3.63, 3.8) is 0 Å². The Labute approximate surface area is 90.4 Å². The largest absolute Gasteiger partial charge is 0.377 e. The molecule has 0 bridgehead atoms. The van der Waals surface area contributed by atoms with E-state index in [0.29, 0.717) is 38.0 Å². The highest BCUT2D eigenvalue weighted by Crippen LogP contribution is 2.12. The molecule has 1 saturated heterocycles. The maximum atomic E-state index is 11.8. The van der Waals surface area contributed by atoms with E-state index in [-0.39, 0.29) is 11.9 Å². The van der Waals surface area contributed by atoms with Gasteiger partial charge in [-0.3, -0.25) is 4.79 Å². The summed E-state index contributed by atoms with van der Waals surface area (Å²) >= 11 is 5.78. The maximum Gasteiger partial charge on any atom is 0.223 e. The van der Waals surface area contributed by atoms with Crippen LogP contribution in [0.4, 0.5) is 0 Å². The summed E-state index contributed by atoms with van der Waals surface area (Å²) in [4.78, 5) is 13.6. The number of halogens is 1. The molecule has 0 aromatic heterocycles. The smallest absolute Gasteiger partial charge is 0.223 e. The summed E-state index contributed by atoms with van der Waals surface area (Å²) in [6.07, 6.45) is 0.605. The minimum atomic E-state index is 0.0664. The Bertz CT molecular complexity index is 197. The first-order chi connectivity index (χ1) is 6.65. The molecule has 4 heteroatoms. The van der Waals surface area contributed by atoms with E-state index in [4.69, 9.17) is 16.3 Å². The summed E-state index contributed by atoms with van der Waals surface area (Å²) in [5, 5.41) is 0. The highest BCUT2D eigenvalue weighted by Gasteiger charge is 2.26. The van der Waals surface area contributed by atoms with Gasteiger partial charge in [-0.2, -0.15) is 0 Å². The molecular formula is C10H18ClNO2. The summed E-state index contributed by atoms with van der Waals surface area (Å²) in [7, 11) is 0. The van der Waals surface area contributed by atoms with Crippen molar-refractivity contribution < 1.29 is 9.53 Å². The molecule has 0 radical (unpaired) electrons. The molecule has 0 N–H and O–H groups in total. The SMILES string of the molecule is CC(C)CC(=O)N1CCOCC1CCl. The Morgan fingerprint density at radius 3 is 2.93 bits per heavy atom. The highest BCUT2D eigenvalue weighted by atomic mass is 35.5. The van der Waals surface area contributed by atoms with E-state index in [1.165, 1.54) is 0 Å². The van der Waals surface area contributed by atoms with Crippen LogP contribution < -0.4 is 0 Å². The van der Waals surface area contributed by atoms with E-state index in [9.17, 15) is 4.79 Å². The Hall–Kier alpha value is -0.280. The van der Waals surface area contributed by atoms with Crippen LogP contribution in [0.3, 0.4) is 0 Å². The van der Waals surface area contributed by atoms with Crippen LogP contribution in [0.2, 0.25) is 0 Å². The molecule has 0 aliphatic carbocycles. The zero-order valence-electron chi connectivity index (χ0n) is 8.83. The second-order valence-corrected chi connectivity index (χ2v) is 4.38. The van der Waals surface area contributed by atoms with Gasteiger partial charge in [-0.15, -0.1) is 11.6 Å². The number of carbonyl (C=O) groups is 1. The van der Waals surface area contributed by atoms with Crippen LogP contribution in [0.15, 0.2) is 0 Å². The number of hydrogen-bond donors (Lipinski definition) is 0. The van der Waals surface area contributed by atoms with Crippen LogP contribution in [0, 0.1) is 5.92 Å². The summed E-state index contributed by atoms with van der Waals surface area (Å²) in [6.45, 7) is 6.00. The third kappa shape index (κ3) is 3.14. The number of carbonyl (C=O) groups excluding carboxylic acids is 1. The molecule has 1 aliphatic rings. The number of alkyl halides is 1. The van der Waals surface area contributed by atoms with E-state index >= 15 is 0 Å². The van der Waals surface area contributed by atoms with Gasteiger partial charge in [0, 0.05) is 18.8 Å². The Kier molecular flexibility index (Phi) is 4.69. The molecule has 82 valence electrons. The first-order valence-electron chi connectivity index (χ1n) is 5.08. The number of ether oxygens (including phenoxy) is 1. The first-order valence-corrected chi connectivity index (χ1v) is 5.61. The lowest BCUT2D eigenvalue weighted by molar-refractivity contribution is -0.139. The third-order valence-electron chi connectivity index (χ3n) is 2.31. The molecule has 1 amide bonds. The number of amides is 1. The molecule has 1 aliphatic heterocycles. The van der Waals surface area contributed by atoms with Crippen molar-refractivity contribution in [2.45, 2.75) is 26.3 Å². The van der Waals surface area contributed by atoms with Gasteiger partial charge in [0.15, 0.2) is 0 Å². The zero-order valence-corrected chi connectivity index (χ0v) is 9.59. The van der Waals surface area contributed by atoms with Gasteiger partial charge in [-0.25, -0.2) is 0 Å². The van der Waals surface area contributed by atoms with Crippen molar-refractivity contribution in [1.29, 1.82) is 0 Å². The van der Waals surface area contributed by atoms with Crippen molar-refractivity contribution in [2.75, 3.05) is 25.6 Å². The molecule has 0 aromatic carbocycles. The summed E-state index contributed by atoms with van der Waals surface area (Å²) in [6, 6.07) is 0.0664. The van der Waals surface area contributed by atoms with Crippen molar-refractivity contribution in [1.82, 2.24) is 4.90 Å². The van der Waals surface area contributed by atoms with Crippen molar-refractivity contribution >= 4 is 17.5 Å². The predicted molar refractivity (Wildman–Crippen MR) is 56.5 cm³/mol. The molecule has 1 atom stereocenters. The van der Waals surface area contributed by atoms with Crippen molar-refractivity contribution in [3.05, 3.63) is 0 Å². The number of morpholine rings is 1. The van der Waals surface area contributed by atoms with Gasteiger partial charge in [-0.05, 0) is 5.92 Å². The highest BCUT2D eigenvalue weighted by molar-refractivity contribution is 6.18. The normalized spacial score (nSPS) is 22.9. The van der Waals surface area contributed by atoms with Crippen LogP contribution in [-0.4, -0.2) is 42.5 Å². The van der Waals surface area contributed by atoms with E-state index < -0.39 is 0 Å². The van der Waals surface area contributed by atoms with Crippen LogP contribution in [-0.2, 0) is 9.53 Å². The zero-order chi connectivity index (χ0) is 10.6. The number of rotatable bonds is 3. The molecule has 1 fully saturated rings.